The second-order valence-corrected chi connectivity index (χ2v) is 6.47. The van der Waals surface area contributed by atoms with Gasteiger partial charge in [-0.3, -0.25) is 0 Å². The van der Waals surface area contributed by atoms with Crippen molar-refractivity contribution < 1.29 is 23.8 Å². The number of carbonyl (C=O) groups is 2. The molecule has 6 nitrogen and oxygen atoms in total. The average molecular weight is 375 g/mol. The van der Waals surface area contributed by atoms with Crippen LogP contribution >= 0.6 is 0 Å². The van der Waals surface area contributed by atoms with Crippen molar-refractivity contribution in [3.05, 3.63) is 72.3 Å². The molecule has 3 aromatic rings. The van der Waals surface area contributed by atoms with Gasteiger partial charge in [-0.05, 0) is 42.6 Å². The molecule has 0 bridgehead atoms. The predicted octanol–water partition coefficient (Wildman–Crippen LogP) is 3.52. The third-order valence-electron chi connectivity index (χ3n) is 4.60. The van der Waals surface area contributed by atoms with E-state index in [1.165, 1.54) is 6.92 Å². The highest BCUT2D eigenvalue weighted by Crippen LogP contribution is 2.30. The highest BCUT2D eigenvalue weighted by atomic mass is 16.6. The van der Waals surface area contributed by atoms with E-state index in [0.717, 1.165) is 10.8 Å². The van der Waals surface area contributed by atoms with Crippen LogP contribution in [-0.2, 0) is 14.3 Å². The van der Waals surface area contributed by atoms with Gasteiger partial charge in [0.05, 0.1) is 7.11 Å². The number of nitrogens with zero attached hydrogens (tertiary/aromatic N) is 1. The maximum absolute atomic E-state index is 12.8. The number of aliphatic imine (C=N–C) groups is 1. The van der Waals surface area contributed by atoms with Gasteiger partial charge in [0, 0.05) is 10.9 Å². The molecule has 1 unspecified atom stereocenters. The van der Waals surface area contributed by atoms with E-state index in [1.807, 2.05) is 30.3 Å². The molecule has 1 aliphatic rings. The number of fused-ring (bicyclic) bond motifs is 1. The van der Waals surface area contributed by atoms with E-state index < -0.39 is 17.5 Å². The van der Waals surface area contributed by atoms with E-state index in [0.29, 0.717) is 17.1 Å². The summed E-state index contributed by atoms with van der Waals surface area (Å²) in [7, 11) is 1.56. The van der Waals surface area contributed by atoms with Gasteiger partial charge in [0.15, 0.2) is 0 Å². The molecular formula is C22H17NO5. The first kappa shape index (κ1) is 17.7. The molecular weight excluding hydrogens is 358 g/mol. The summed E-state index contributed by atoms with van der Waals surface area (Å²) in [5.41, 5.74) is -1.21. The summed E-state index contributed by atoms with van der Waals surface area (Å²) in [5.74, 6) is -0.469. The normalized spacial score (nSPS) is 18.5. The largest absolute Gasteiger partial charge is 0.497 e. The van der Waals surface area contributed by atoms with Gasteiger partial charge in [-0.15, -0.1) is 0 Å². The van der Waals surface area contributed by atoms with E-state index in [-0.39, 0.29) is 5.90 Å². The number of carbonyl (C=O) groups excluding carboxylic acids is 2. The Hall–Kier alpha value is -3.67. The van der Waals surface area contributed by atoms with Crippen LogP contribution in [0.1, 0.15) is 12.5 Å². The summed E-state index contributed by atoms with van der Waals surface area (Å²) in [6.45, 7) is 1.39. The zero-order chi connectivity index (χ0) is 19.7. The van der Waals surface area contributed by atoms with Crippen LogP contribution < -0.4 is 9.47 Å². The van der Waals surface area contributed by atoms with E-state index in [2.05, 4.69) is 4.99 Å². The number of cyclic esters (lactones) is 1. The lowest BCUT2D eigenvalue weighted by Gasteiger charge is -2.15. The van der Waals surface area contributed by atoms with Crippen molar-refractivity contribution in [1.29, 1.82) is 0 Å². The summed E-state index contributed by atoms with van der Waals surface area (Å²) < 4.78 is 15.9. The molecule has 0 spiro atoms. The number of benzene rings is 3. The average Bonchev–Trinajstić information content (AvgIpc) is 3.04. The van der Waals surface area contributed by atoms with Crippen molar-refractivity contribution in [2.45, 2.75) is 12.5 Å². The lowest BCUT2D eigenvalue weighted by molar-refractivity contribution is -0.150. The molecule has 0 aromatic heterocycles. The number of hydrogen-bond acceptors (Lipinski definition) is 6. The van der Waals surface area contributed by atoms with Crippen molar-refractivity contribution in [2.75, 3.05) is 7.11 Å². The smallest absolute Gasteiger partial charge is 0.352 e. The first-order valence-corrected chi connectivity index (χ1v) is 8.68. The summed E-state index contributed by atoms with van der Waals surface area (Å²) in [5, 5.41) is 1.70. The Morgan fingerprint density at radius 2 is 1.71 bits per heavy atom. The van der Waals surface area contributed by atoms with Crippen LogP contribution in [0.4, 0.5) is 0 Å². The first-order valence-electron chi connectivity index (χ1n) is 8.68. The van der Waals surface area contributed by atoms with Crippen molar-refractivity contribution in [3.8, 4) is 11.5 Å². The molecule has 0 amide bonds. The summed E-state index contributed by atoms with van der Waals surface area (Å²) in [4.78, 5) is 29.5. The predicted molar refractivity (Wildman–Crippen MR) is 104 cm³/mol. The van der Waals surface area contributed by atoms with Gasteiger partial charge in [-0.25, -0.2) is 14.6 Å². The third kappa shape index (κ3) is 2.99. The maximum Gasteiger partial charge on any atom is 0.352 e. The fourth-order valence-corrected chi connectivity index (χ4v) is 2.93. The summed E-state index contributed by atoms with van der Waals surface area (Å²) in [6.07, 6.45) is 0. The maximum atomic E-state index is 12.8. The van der Waals surface area contributed by atoms with Gasteiger partial charge in [-0.2, -0.15) is 0 Å². The standard InChI is InChI=1S/C22H17NO5/c1-22(20(24)27-18-9-5-7-14-6-3-4-8-17(14)18)21(25)28-19(23-22)15-10-12-16(26-2)13-11-15/h3-13H,1-2H3. The molecule has 0 N–H and O–H groups in total. The zero-order valence-corrected chi connectivity index (χ0v) is 15.3. The summed E-state index contributed by atoms with van der Waals surface area (Å²) in [6, 6.07) is 19.7. The minimum absolute atomic E-state index is 0.0741. The minimum atomic E-state index is -1.77. The number of hydrogen-bond donors (Lipinski definition) is 0. The zero-order valence-electron chi connectivity index (χ0n) is 15.3. The van der Waals surface area contributed by atoms with Gasteiger partial charge in [0.2, 0.25) is 5.90 Å². The Labute approximate surface area is 161 Å². The van der Waals surface area contributed by atoms with Crippen LogP contribution in [0, 0.1) is 0 Å². The van der Waals surface area contributed by atoms with E-state index in [4.69, 9.17) is 14.2 Å². The second kappa shape index (κ2) is 6.81. The van der Waals surface area contributed by atoms with Crippen LogP contribution in [0.2, 0.25) is 0 Å². The minimum Gasteiger partial charge on any atom is -0.497 e. The lowest BCUT2D eigenvalue weighted by Crippen LogP contribution is -2.42. The first-order chi connectivity index (χ1) is 13.5. The quantitative estimate of drug-likeness (QED) is 0.396. The Balaban J connectivity index is 1.63. The molecule has 1 atom stereocenters. The molecule has 1 heterocycles. The number of esters is 2. The van der Waals surface area contributed by atoms with Crippen LogP contribution in [0.3, 0.4) is 0 Å². The van der Waals surface area contributed by atoms with E-state index in [1.54, 1.807) is 43.5 Å². The molecule has 0 fully saturated rings. The van der Waals surface area contributed by atoms with Gasteiger partial charge in [0.1, 0.15) is 11.5 Å². The number of ether oxygens (including phenoxy) is 3. The SMILES string of the molecule is COc1ccc(C2=NC(C)(C(=O)Oc3cccc4ccccc34)C(=O)O2)cc1. The lowest BCUT2D eigenvalue weighted by atomic mass is 10.0. The van der Waals surface area contributed by atoms with Crippen molar-refractivity contribution in [1.82, 2.24) is 0 Å². The molecule has 4 rings (SSSR count). The van der Waals surface area contributed by atoms with Crippen molar-refractivity contribution in [3.63, 3.8) is 0 Å². The Morgan fingerprint density at radius 3 is 2.46 bits per heavy atom. The molecule has 3 aromatic carbocycles. The summed E-state index contributed by atoms with van der Waals surface area (Å²) >= 11 is 0. The molecule has 140 valence electrons. The second-order valence-electron chi connectivity index (χ2n) is 6.47. The van der Waals surface area contributed by atoms with E-state index >= 15 is 0 Å². The highest BCUT2D eigenvalue weighted by Gasteiger charge is 2.50. The van der Waals surface area contributed by atoms with E-state index in [9.17, 15) is 9.59 Å². The molecule has 28 heavy (non-hydrogen) atoms. The Bertz CT molecular complexity index is 1100. The number of methoxy groups -OCH3 is 1. The molecule has 6 heteroatoms. The Kier molecular flexibility index (Phi) is 4.31. The number of rotatable bonds is 4. The Morgan fingerprint density at radius 1 is 1.00 bits per heavy atom. The molecule has 1 aliphatic heterocycles. The third-order valence-corrected chi connectivity index (χ3v) is 4.60. The van der Waals surface area contributed by atoms with Crippen molar-refractivity contribution in [2.24, 2.45) is 4.99 Å². The van der Waals surface area contributed by atoms with Gasteiger partial charge in [-0.1, -0.05) is 36.4 Å². The van der Waals surface area contributed by atoms with Crippen LogP contribution in [0.25, 0.3) is 10.8 Å². The molecule has 0 saturated carbocycles. The molecule has 0 aliphatic carbocycles. The molecule has 0 radical (unpaired) electrons. The van der Waals surface area contributed by atoms with Crippen molar-refractivity contribution >= 4 is 28.6 Å². The van der Waals surface area contributed by atoms with Crippen LogP contribution in [0.5, 0.6) is 11.5 Å². The van der Waals surface area contributed by atoms with Crippen LogP contribution in [0.15, 0.2) is 71.7 Å². The van der Waals surface area contributed by atoms with Gasteiger partial charge < -0.3 is 14.2 Å². The van der Waals surface area contributed by atoms with Crippen LogP contribution in [-0.4, -0.2) is 30.5 Å². The van der Waals surface area contributed by atoms with Gasteiger partial charge in [0.25, 0.3) is 5.54 Å². The topological polar surface area (TPSA) is 74.2 Å². The highest BCUT2D eigenvalue weighted by molar-refractivity contribution is 6.17. The fraction of sp³-hybridized carbons (Fsp3) is 0.136. The fourth-order valence-electron chi connectivity index (χ4n) is 2.93. The van der Waals surface area contributed by atoms with Gasteiger partial charge >= 0.3 is 11.9 Å². The molecule has 0 saturated heterocycles. The monoisotopic (exact) mass is 375 g/mol.